The molecule has 1 unspecified atom stereocenters. The van der Waals surface area contributed by atoms with Crippen molar-refractivity contribution in [2.24, 2.45) is 5.92 Å². The van der Waals surface area contributed by atoms with Crippen LogP contribution < -0.4 is 5.32 Å². The van der Waals surface area contributed by atoms with Gasteiger partial charge in [-0.3, -0.25) is 4.79 Å². The fraction of sp³-hybridized carbons (Fsp3) is 0.537. The molecular weight excluding hydrogens is 619 g/mol. The molecule has 0 aliphatic carbocycles. The summed E-state index contributed by atoms with van der Waals surface area (Å²) in [5, 5.41) is 22.3. The van der Waals surface area contributed by atoms with Crippen LogP contribution in [0.4, 0.5) is 5.69 Å². The lowest BCUT2D eigenvalue weighted by Gasteiger charge is -2.41. The number of nitrogens with one attached hydrogen (secondary N) is 1. The Morgan fingerprint density at radius 3 is 2.02 bits per heavy atom. The number of thioether (sulfide) groups is 1. The normalized spacial score (nSPS) is 19.3. The highest BCUT2D eigenvalue weighted by atomic mass is 32.2. The number of phenolic OH excluding ortho intramolecular Hbond substituents is 1. The number of anilines is 1. The number of unbranched alkanes of at least 4 members (excludes halogenated alkanes) is 12. The van der Waals surface area contributed by atoms with Gasteiger partial charge in [-0.2, -0.15) is 0 Å². The van der Waals surface area contributed by atoms with E-state index in [1.807, 2.05) is 60.7 Å². The molecular formula is C41H57NO5S. The van der Waals surface area contributed by atoms with Gasteiger partial charge >= 0.3 is 0 Å². The predicted octanol–water partition coefficient (Wildman–Crippen LogP) is 10.9. The lowest BCUT2D eigenvalue weighted by Crippen LogP contribution is -2.38. The first-order chi connectivity index (χ1) is 23.5. The molecule has 0 aromatic heterocycles. The zero-order valence-corrected chi connectivity index (χ0v) is 29.9. The highest BCUT2D eigenvalue weighted by Crippen LogP contribution is 2.43. The summed E-state index contributed by atoms with van der Waals surface area (Å²) in [4.78, 5) is 13.9. The molecule has 4 rings (SSSR count). The second-order valence-electron chi connectivity index (χ2n) is 13.3. The molecule has 4 atom stereocenters. The average Bonchev–Trinajstić information content (AvgIpc) is 3.10. The van der Waals surface area contributed by atoms with Gasteiger partial charge in [0, 0.05) is 34.2 Å². The monoisotopic (exact) mass is 675 g/mol. The molecule has 3 aromatic rings. The van der Waals surface area contributed by atoms with Gasteiger partial charge in [0.05, 0.1) is 18.8 Å². The van der Waals surface area contributed by atoms with E-state index in [9.17, 15) is 15.0 Å². The summed E-state index contributed by atoms with van der Waals surface area (Å²) in [5.41, 5.74) is 3.50. The van der Waals surface area contributed by atoms with E-state index in [1.54, 1.807) is 23.9 Å². The molecule has 48 heavy (non-hydrogen) atoms. The van der Waals surface area contributed by atoms with Gasteiger partial charge in [-0.25, -0.2) is 0 Å². The number of amides is 1. The SMILES string of the molecule is CCCCCCCCCCCCCCCC(=O)Nc1cccc(C2O[C@H](CSc3ccc(O)cc3)[C@H](C)[C@H](c3ccc(CO)cc3)O2)c1. The number of benzene rings is 3. The van der Waals surface area contributed by atoms with Crippen molar-refractivity contribution >= 4 is 23.4 Å². The van der Waals surface area contributed by atoms with Gasteiger partial charge in [-0.05, 0) is 53.9 Å². The van der Waals surface area contributed by atoms with Crippen LogP contribution in [0, 0.1) is 5.92 Å². The first-order valence-corrected chi connectivity index (χ1v) is 19.3. The largest absolute Gasteiger partial charge is 0.508 e. The summed E-state index contributed by atoms with van der Waals surface area (Å²) in [6.45, 7) is 4.41. The van der Waals surface area contributed by atoms with Crippen molar-refractivity contribution in [3.05, 3.63) is 89.5 Å². The van der Waals surface area contributed by atoms with Crippen LogP contribution in [0.1, 0.15) is 133 Å². The van der Waals surface area contributed by atoms with Crippen LogP contribution in [0.3, 0.4) is 0 Å². The van der Waals surface area contributed by atoms with Crippen LogP contribution in [0.2, 0.25) is 0 Å². The van der Waals surface area contributed by atoms with E-state index in [4.69, 9.17) is 9.47 Å². The minimum atomic E-state index is -0.605. The minimum absolute atomic E-state index is 0.00312. The van der Waals surface area contributed by atoms with E-state index >= 15 is 0 Å². The van der Waals surface area contributed by atoms with Gasteiger partial charge < -0.3 is 25.0 Å². The van der Waals surface area contributed by atoms with Crippen LogP contribution in [-0.2, 0) is 20.9 Å². The lowest BCUT2D eigenvalue weighted by molar-refractivity contribution is -0.268. The van der Waals surface area contributed by atoms with E-state index in [0.29, 0.717) is 12.2 Å². The molecule has 7 heteroatoms. The van der Waals surface area contributed by atoms with Crippen LogP contribution in [0.15, 0.2) is 77.7 Å². The van der Waals surface area contributed by atoms with E-state index in [1.165, 1.54) is 70.6 Å². The Bertz CT molecular complexity index is 1330. The highest BCUT2D eigenvalue weighted by molar-refractivity contribution is 7.99. The molecule has 0 bridgehead atoms. The number of aromatic hydroxyl groups is 1. The van der Waals surface area contributed by atoms with Gasteiger partial charge in [0.2, 0.25) is 5.91 Å². The van der Waals surface area contributed by atoms with Gasteiger partial charge in [0.25, 0.3) is 0 Å². The van der Waals surface area contributed by atoms with E-state index in [-0.39, 0.29) is 36.4 Å². The lowest BCUT2D eigenvalue weighted by atomic mass is 9.91. The third-order valence-electron chi connectivity index (χ3n) is 9.32. The molecule has 1 aliphatic rings. The van der Waals surface area contributed by atoms with Gasteiger partial charge in [-0.15, -0.1) is 11.8 Å². The Kier molecular flexibility index (Phi) is 16.8. The first kappa shape index (κ1) is 38.0. The zero-order chi connectivity index (χ0) is 34.0. The van der Waals surface area contributed by atoms with Crippen molar-refractivity contribution in [1.82, 2.24) is 0 Å². The number of carbonyl (C=O) groups excluding carboxylic acids is 1. The number of aliphatic hydroxyl groups excluding tert-OH is 1. The van der Waals surface area contributed by atoms with Crippen molar-refractivity contribution in [2.45, 2.75) is 134 Å². The Balaban J connectivity index is 1.26. The van der Waals surface area contributed by atoms with Crippen molar-refractivity contribution in [1.29, 1.82) is 0 Å². The van der Waals surface area contributed by atoms with Gasteiger partial charge in [0.15, 0.2) is 6.29 Å². The standard InChI is InChI=1S/C41H57NO5S/c1-3-4-5-6-7-8-9-10-11-12-13-14-15-19-39(45)42-35-18-16-17-34(28-35)41-46-38(30-48-37-26-24-36(44)25-27-37)31(2)40(47-41)33-22-20-32(29-43)21-23-33/h16-18,20-28,31,38,40-41,43-44H,3-15,19,29-30H2,1-2H3,(H,42,45)/t31-,38+,40+,41?/m0/s1. The van der Waals surface area contributed by atoms with Gasteiger partial charge in [0.1, 0.15) is 5.75 Å². The summed E-state index contributed by atoms with van der Waals surface area (Å²) >= 11 is 1.69. The summed E-state index contributed by atoms with van der Waals surface area (Å²) in [5.74, 6) is 1.07. The number of hydrogen-bond acceptors (Lipinski definition) is 6. The summed E-state index contributed by atoms with van der Waals surface area (Å²) in [6.07, 6.45) is 16.3. The van der Waals surface area contributed by atoms with Crippen LogP contribution in [-0.4, -0.2) is 28.0 Å². The number of phenols is 1. The number of aliphatic hydroxyl groups is 1. The van der Waals surface area contributed by atoms with Crippen molar-refractivity contribution in [3.63, 3.8) is 0 Å². The van der Waals surface area contributed by atoms with Crippen LogP contribution in [0.5, 0.6) is 5.75 Å². The zero-order valence-electron chi connectivity index (χ0n) is 29.1. The number of rotatable bonds is 21. The molecule has 1 saturated heterocycles. The minimum Gasteiger partial charge on any atom is -0.508 e. The smallest absolute Gasteiger partial charge is 0.224 e. The Morgan fingerprint density at radius 1 is 0.771 bits per heavy atom. The molecule has 0 spiro atoms. The van der Waals surface area contributed by atoms with E-state index in [2.05, 4.69) is 19.2 Å². The van der Waals surface area contributed by atoms with Crippen molar-refractivity contribution < 1.29 is 24.5 Å². The summed E-state index contributed by atoms with van der Waals surface area (Å²) in [6, 6.07) is 22.9. The Labute approximate surface area is 293 Å². The molecule has 1 fully saturated rings. The quantitative estimate of drug-likeness (QED) is 0.0769. The molecule has 262 valence electrons. The number of carbonyl (C=O) groups is 1. The average molecular weight is 676 g/mol. The first-order valence-electron chi connectivity index (χ1n) is 18.3. The summed E-state index contributed by atoms with van der Waals surface area (Å²) < 4.78 is 13.2. The number of ether oxygens (including phenoxy) is 2. The molecule has 0 radical (unpaired) electrons. The fourth-order valence-electron chi connectivity index (χ4n) is 6.32. The third kappa shape index (κ3) is 12.9. The Hall–Kier alpha value is -2.84. The molecule has 1 aliphatic heterocycles. The molecule has 1 amide bonds. The third-order valence-corrected chi connectivity index (χ3v) is 10.4. The maximum atomic E-state index is 12.8. The Morgan fingerprint density at radius 2 is 1.40 bits per heavy atom. The van der Waals surface area contributed by atoms with Crippen molar-refractivity contribution in [3.8, 4) is 5.75 Å². The van der Waals surface area contributed by atoms with Gasteiger partial charge in [-0.1, -0.05) is 127 Å². The van der Waals surface area contributed by atoms with Crippen LogP contribution >= 0.6 is 11.8 Å². The fourth-order valence-corrected chi connectivity index (χ4v) is 7.39. The molecule has 0 saturated carbocycles. The maximum Gasteiger partial charge on any atom is 0.224 e. The maximum absolute atomic E-state index is 12.8. The highest BCUT2D eigenvalue weighted by Gasteiger charge is 2.38. The second-order valence-corrected chi connectivity index (χ2v) is 14.4. The predicted molar refractivity (Wildman–Crippen MR) is 197 cm³/mol. The molecule has 3 aromatic carbocycles. The number of hydrogen-bond donors (Lipinski definition) is 3. The molecule has 6 nitrogen and oxygen atoms in total. The van der Waals surface area contributed by atoms with Crippen LogP contribution in [0.25, 0.3) is 0 Å². The van der Waals surface area contributed by atoms with Crippen molar-refractivity contribution in [2.75, 3.05) is 11.1 Å². The summed E-state index contributed by atoms with van der Waals surface area (Å²) in [7, 11) is 0. The topological polar surface area (TPSA) is 88.0 Å². The molecule has 1 heterocycles. The van der Waals surface area contributed by atoms with E-state index < -0.39 is 6.29 Å². The second kappa shape index (κ2) is 21.3. The molecule has 3 N–H and O–H groups in total. The van der Waals surface area contributed by atoms with E-state index in [0.717, 1.165) is 40.1 Å².